The molecule has 198 valence electrons. The largest absolute Gasteiger partial charge is 0.492 e. The van der Waals surface area contributed by atoms with Crippen LogP contribution < -0.4 is 15.2 Å². The van der Waals surface area contributed by atoms with Crippen LogP contribution in [0.25, 0.3) is 33.0 Å². The van der Waals surface area contributed by atoms with Crippen LogP contribution in [-0.2, 0) is 0 Å². The Morgan fingerprint density at radius 1 is 0.650 bits per heavy atom. The van der Waals surface area contributed by atoms with E-state index >= 15 is 0 Å². The number of nitrogens with two attached hydrogens (primary N) is 1. The van der Waals surface area contributed by atoms with E-state index in [9.17, 15) is 9.59 Å². The van der Waals surface area contributed by atoms with Gasteiger partial charge in [0.1, 0.15) is 24.7 Å². The molecule has 1 aliphatic carbocycles. The summed E-state index contributed by atoms with van der Waals surface area (Å²) in [4.78, 5) is 28.9. The zero-order valence-corrected chi connectivity index (χ0v) is 21.9. The van der Waals surface area contributed by atoms with Gasteiger partial charge in [-0.05, 0) is 57.8 Å². The quantitative estimate of drug-likeness (QED) is 0.230. The second-order valence-electron chi connectivity index (χ2n) is 9.60. The Morgan fingerprint density at radius 3 is 1.80 bits per heavy atom. The van der Waals surface area contributed by atoms with Crippen molar-refractivity contribution in [2.45, 2.75) is 0 Å². The summed E-state index contributed by atoms with van der Waals surface area (Å²) in [6.07, 6.45) is 0. The minimum absolute atomic E-state index is 0.208. The molecule has 6 nitrogen and oxygen atoms in total. The van der Waals surface area contributed by atoms with Gasteiger partial charge >= 0.3 is 0 Å². The van der Waals surface area contributed by atoms with Crippen LogP contribution in [0.15, 0.2) is 109 Å². The molecule has 1 aliphatic rings. The van der Waals surface area contributed by atoms with Crippen molar-refractivity contribution in [3.63, 3.8) is 0 Å². The van der Waals surface area contributed by atoms with Crippen molar-refractivity contribution in [1.82, 2.24) is 4.90 Å². The van der Waals surface area contributed by atoms with Gasteiger partial charge in [-0.3, -0.25) is 9.59 Å². The van der Waals surface area contributed by atoms with Gasteiger partial charge in [0, 0.05) is 5.56 Å². The molecule has 6 rings (SSSR count). The van der Waals surface area contributed by atoms with Crippen molar-refractivity contribution in [1.29, 1.82) is 0 Å². The maximum Gasteiger partial charge on any atom is 0.255 e. The van der Waals surface area contributed by atoms with Gasteiger partial charge < -0.3 is 20.1 Å². The van der Waals surface area contributed by atoms with Gasteiger partial charge in [-0.25, -0.2) is 0 Å². The molecule has 0 saturated heterocycles. The predicted octanol–water partition coefficient (Wildman–Crippen LogP) is 6.19. The monoisotopic (exact) mass is 528 g/mol. The Hall–Kier alpha value is -5.10. The highest BCUT2D eigenvalue weighted by molar-refractivity contribution is 6.24. The number of rotatable bonds is 10. The number of carbonyl (C=O) groups excluding carboxylic acids is 2. The van der Waals surface area contributed by atoms with E-state index in [0.29, 0.717) is 18.7 Å². The minimum atomic E-state index is -0.641. The molecular weight excluding hydrogens is 500 g/mol. The lowest BCUT2D eigenvalue weighted by Gasteiger charge is -2.25. The molecule has 5 aromatic rings. The number of para-hydroxylation sites is 2. The average molecular weight is 529 g/mol. The molecule has 0 bridgehead atoms. The zero-order chi connectivity index (χ0) is 27.5. The van der Waals surface area contributed by atoms with E-state index in [-0.39, 0.29) is 24.7 Å². The molecule has 6 heteroatoms. The molecule has 40 heavy (non-hydrogen) atoms. The van der Waals surface area contributed by atoms with Crippen LogP contribution in [0.3, 0.4) is 0 Å². The summed E-state index contributed by atoms with van der Waals surface area (Å²) in [5.41, 5.74) is 10.2. The van der Waals surface area contributed by atoms with Gasteiger partial charge in [-0.2, -0.15) is 0 Å². The molecule has 2 N–H and O–H groups in total. The summed E-state index contributed by atoms with van der Waals surface area (Å²) >= 11 is 0. The van der Waals surface area contributed by atoms with Crippen molar-refractivity contribution in [2.24, 2.45) is 5.73 Å². The molecule has 0 heterocycles. The summed E-state index contributed by atoms with van der Waals surface area (Å²) in [5, 5.41) is 1.83. The highest BCUT2D eigenvalue weighted by atomic mass is 16.5. The predicted molar refractivity (Wildman–Crippen MR) is 157 cm³/mol. The fourth-order valence-corrected chi connectivity index (χ4v) is 5.36. The highest BCUT2D eigenvalue weighted by Gasteiger charge is 2.32. The van der Waals surface area contributed by atoms with E-state index in [2.05, 4.69) is 6.07 Å². The molecule has 0 spiro atoms. The summed E-state index contributed by atoms with van der Waals surface area (Å²) < 4.78 is 11.9. The van der Waals surface area contributed by atoms with Crippen molar-refractivity contribution >= 4 is 22.6 Å². The first-order valence-electron chi connectivity index (χ1n) is 13.3. The lowest BCUT2D eigenvalue weighted by molar-refractivity contribution is 0.0699. The van der Waals surface area contributed by atoms with Gasteiger partial charge in [0.05, 0.1) is 24.2 Å². The Kier molecular flexibility index (Phi) is 6.89. The van der Waals surface area contributed by atoms with Crippen LogP contribution in [0.1, 0.15) is 20.7 Å². The number of nitrogens with zero attached hydrogens (tertiary/aromatic N) is 1. The van der Waals surface area contributed by atoms with Gasteiger partial charge in [0.25, 0.3) is 5.91 Å². The molecule has 0 unspecified atom stereocenters. The number of ether oxygens (including phenoxy) is 2. The fourth-order valence-electron chi connectivity index (χ4n) is 5.36. The van der Waals surface area contributed by atoms with Gasteiger partial charge in [0.2, 0.25) is 5.91 Å². The Balaban J connectivity index is 1.38. The molecule has 0 aromatic heterocycles. The third-order valence-corrected chi connectivity index (χ3v) is 7.17. The van der Waals surface area contributed by atoms with E-state index in [0.717, 1.165) is 44.5 Å². The second kappa shape index (κ2) is 10.9. The summed E-state index contributed by atoms with van der Waals surface area (Å²) in [5.74, 6) is 0.509. The van der Waals surface area contributed by atoms with Crippen LogP contribution >= 0.6 is 0 Å². The number of benzene rings is 5. The Morgan fingerprint density at radius 2 is 1.20 bits per heavy atom. The van der Waals surface area contributed by atoms with Crippen LogP contribution in [0.2, 0.25) is 0 Å². The number of hydrogen-bond acceptors (Lipinski definition) is 4. The maximum absolute atomic E-state index is 14.4. The standard InChI is InChI=1S/C34H28N2O4/c35-33(37)29-22-23-10-9-17-27-26-15-7-8-16-28(26)31(30(23)27)32(29)34(38)36(18-20-39-24-11-3-1-4-12-24)19-21-40-25-13-5-2-6-14-25/h1-17,22H,18-21H2,(H2,35,37). The van der Waals surface area contributed by atoms with Crippen molar-refractivity contribution < 1.29 is 19.1 Å². The van der Waals surface area contributed by atoms with Crippen molar-refractivity contribution in [3.05, 3.63) is 120 Å². The number of carbonyl (C=O) groups is 2. The van der Waals surface area contributed by atoms with Crippen LogP contribution in [0, 0.1) is 0 Å². The summed E-state index contributed by atoms with van der Waals surface area (Å²) in [6, 6.07) is 34.6. The molecule has 0 aliphatic heterocycles. The fraction of sp³-hybridized carbons (Fsp3) is 0.118. The smallest absolute Gasteiger partial charge is 0.255 e. The Labute approximate surface area is 232 Å². The first-order chi connectivity index (χ1) is 19.6. The third-order valence-electron chi connectivity index (χ3n) is 7.17. The SMILES string of the molecule is NC(=O)c1cc2cccc3c2c(c1C(=O)N(CCOc1ccccc1)CCOc1ccccc1)-c1ccccc1-3. The topological polar surface area (TPSA) is 81.9 Å². The number of amides is 2. The van der Waals surface area contributed by atoms with Gasteiger partial charge in [-0.1, -0.05) is 78.9 Å². The third kappa shape index (κ3) is 4.76. The number of primary amides is 1. The van der Waals surface area contributed by atoms with E-state index in [1.54, 1.807) is 11.0 Å². The zero-order valence-electron chi connectivity index (χ0n) is 21.9. The molecule has 0 atom stereocenters. The van der Waals surface area contributed by atoms with Gasteiger partial charge in [-0.15, -0.1) is 0 Å². The minimum Gasteiger partial charge on any atom is -0.492 e. The first-order valence-corrected chi connectivity index (χ1v) is 13.3. The highest BCUT2D eigenvalue weighted by Crippen LogP contribution is 2.49. The van der Waals surface area contributed by atoms with E-state index in [1.165, 1.54) is 0 Å². The normalized spacial score (nSPS) is 11.2. The molecule has 2 amide bonds. The second-order valence-corrected chi connectivity index (χ2v) is 9.60. The van der Waals surface area contributed by atoms with Crippen molar-refractivity contribution in [3.8, 4) is 33.8 Å². The first kappa shape index (κ1) is 25.2. The lowest BCUT2D eigenvalue weighted by Crippen LogP contribution is -2.39. The summed E-state index contributed by atoms with van der Waals surface area (Å²) in [6.45, 7) is 1.14. The summed E-state index contributed by atoms with van der Waals surface area (Å²) in [7, 11) is 0. The Bertz CT molecular complexity index is 1650. The number of fused-ring (bicyclic) bond motifs is 3. The van der Waals surface area contributed by atoms with Crippen LogP contribution in [0.4, 0.5) is 0 Å². The molecule has 5 aromatic carbocycles. The maximum atomic E-state index is 14.4. The molecule has 0 radical (unpaired) electrons. The lowest BCUT2D eigenvalue weighted by atomic mass is 9.91. The molecule has 0 fully saturated rings. The van der Waals surface area contributed by atoms with Crippen LogP contribution in [-0.4, -0.2) is 43.0 Å². The molecule has 0 saturated carbocycles. The van der Waals surface area contributed by atoms with E-state index < -0.39 is 5.91 Å². The van der Waals surface area contributed by atoms with Gasteiger partial charge in [0.15, 0.2) is 0 Å². The van der Waals surface area contributed by atoms with Crippen LogP contribution in [0.5, 0.6) is 11.5 Å². The average Bonchev–Trinajstić information content (AvgIpc) is 3.33. The van der Waals surface area contributed by atoms with E-state index in [1.807, 2.05) is 97.1 Å². The van der Waals surface area contributed by atoms with E-state index in [4.69, 9.17) is 15.2 Å². The molecular formula is C34H28N2O4. The van der Waals surface area contributed by atoms with Crippen molar-refractivity contribution in [2.75, 3.05) is 26.3 Å². The number of hydrogen-bond donors (Lipinski definition) is 1.